The molecule has 0 radical (unpaired) electrons. The highest BCUT2D eigenvalue weighted by Crippen LogP contribution is 2.62. The van der Waals surface area contributed by atoms with Gasteiger partial charge in [-0.2, -0.15) is 0 Å². The summed E-state index contributed by atoms with van der Waals surface area (Å²) in [5, 5.41) is 0. The number of fused-ring (bicyclic) bond motifs is 5. The van der Waals surface area contributed by atoms with Crippen LogP contribution >= 0.6 is 0 Å². The number of rotatable bonds is 5. The first-order valence-electron chi connectivity index (χ1n) is 14.0. The monoisotopic (exact) mass is 555 g/mol. The van der Waals surface area contributed by atoms with Gasteiger partial charge in [0.2, 0.25) is 0 Å². The molecule has 0 bridgehead atoms. The van der Waals surface area contributed by atoms with Gasteiger partial charge in [-0.05, 0) is 42.3 Å². The van der Waals surface area contributed by atoms with E-state index >= 15 is 0 Å². The highest BCUT2D eigenvalue weighted by atomic mass is 16.5. The van der Waals surface area contributed by atoms with Crippen molar-refractivity contribution in [3.63, 3.8) is 0 Å². The van der Waals surface area contributed by atoms with Crippen molar-refractivity contribution in [2.45, 2.75) is 24.9 Å². The smallest absolute Gasteiger partial charge is 0.185 e. The number of methoxy groups -OCH3 is 2. The number of ketones is 3. The van der Waals surface area contributed by atoms with Crippen molar-refractivity contribution >= 4 is 29.1 Å². The molecule has 6 nitrogen and oxygen atoms in total. The van der Waals surface area contributed by atoms with Gasteiger partial charge >= 0.3 is 0 Å². The van der Waals surface area contributed by atoms with Crippen molar-refractivity contribution in [3.05, 3.63) is 130 Å². The molecule has 208 valence electrons. The summed E-state index contributed by atoms with van der Waals surface area (Å²) in [5.74, 6) is -0.598. The van der Waals surface area contributed by atoms with Crippen LogP contribution < -0.4 is 14.4 Å². The number of nitrogens with zero attached hydrogens (tertiary/aromatic N) is 1. The van der Waals surface area contributed by atoms with Crippen LogP contribution in [-0.4, -0.2) is 43.7 Å². The standard InChI is InChI=1S/C36H29NO5/c1-21-13-14-22-15-18-30-36(34(39)25-11-7-8-12-26(25)35(36)40)31(27-20-24(41-2)16-17-29(27)42-3)32(37(30)28(22)19-21)33(38)23-9-5-4-6-10-23/h4-20,30-32H,1-3H3/t30-,31+,32-/m1/s1. The third kappa shape index (κ3) is 3.41. The lowest BCUT2D eigenvalue weighted by Gasteiger charge is -2.37. The topological polar surface area (TPSA) is 72.9 Å². The maximum absolute atomic E-state index is 14.8. The fraction of sp³-hybridized carbons (Fsp3) is 0.194. The number of carbonyl (C=O) groups is 3. The van der Waals surface area contributed by atoms with Gasteiger partial charge in [0.05, 0.1) is 20.3 Å². The lowest BCUT2D eigenvalue weighted by atomic mass is 9.64. The molecule has 1 fully saturated rings. The van der Waals surface area contributed by atoms with Gasteiger partial charge in [0, 0.05) is 33.9 Å². The van der Waals surface area contributed by atoms with Crippen molar-refractivity contribution < 1.29 is 23.9 Å². The first-order valence-corrected chi connectivity index (χ1v) is 14.0. The second kappa shape index (κ2) is 9.55. The van der Waals surface area contributed by atoms with Crippen LogP contribution in [0.2, 0.25) is 0 Å². The molecule has 2 heterocycles. The van der Waals surface area contributed by atoms with Crippen LogP contribution in [-0.2, 0) is 0 Å². The van der Waals surface area contributed by atoms with E-state index in [1.165, 1.54) is 0 Å². The zero-order chi connectivity index (χ0) is 29.2. The summed E-state index contributed by atoms with van der Waals surface area (Å²) in [6.45, 7) is 2.00. The van der Waals surface area contributed by atoms with Gasteiger partial charge in [0.15, 0.2) is 17.3 Å². The molecule has 0 aromatic heterocycles. The Bertz CT molecular complexity index is 1770. The highest BCUT2D eigenvalue weighted by Gasteiger charge is 2.72. The molecule has 7 rings (SSSR count). The van der Waals surface area contributed by atoms with Crippen LogP contribution in [0.1, 0.15) is 53.7 Å². The summed E-state index contributed by atoms with van der Waals surface area (Å²) in [7, 11) is 3.12. The third-order valence-corrected chi connectivity index (χ3v) is 9.06. The first-order chi connectivity index (χ1) is 20.4. The van der Waals surface area contributed by atoms with Crippen LogP contribution in [0.4, 0.5) is 5.69 Å². The number of hydrogen-bond donors (Lipinski definition) is 0. The molecule has 3 aliphatic rings. The van der Waals surface area contributed by atoms with Gasteiger partial charge in [0.1, 0.15) is 23.0 Å². The summed E-state index contributed by atoms with van der Waals surface area (Å²) in [6.07, 6.45) is 3.90. The molecule has 0 unspecified atom stereocenters. The Morgan fingerprint density at radius 1 is 0.810 bits per heavy atom. The van der Waals surface area contributed by atoms with E-state index in [1.54, 1.807) is 68.8 Å². The van der Waals surface area contributed by atoms with Gasteiger partial charge in [0.25, 0.3) is 0 Å². The lowest BCUT2D eigenvalue weighted by Crippen LogP contribution is -2.48. The van der Waals surface area contributed by atoms with E-state index in [9.17, 15) is 14.4 Å². The van der Waals surface area contributed by atoms with Gasteiger partial charge in [-0.3, -0.25) is 14.4 Å². The van der Waals surface area contributed by atoms with Crippen molar-refractivity contribution in [1.82, 2.24) is 0 Å². The molecule has 4 aromatic carbocycles. The maximum Gasteiger partial charge on any atom is 0.185 e. The van der Waals surface area contributed by atoms with Crippen LogP contribution in [0.3, 0.4) is 0 Å². The zero-order valence-corrected chi connectivity index (χ0v) is 23.5. The van der Waals surface area contributed by atoms with Crippen molar-refractivity contribution in [2.75, 3.05) is 19.1 Å². The Hall–Kier alpha value is -4.97. The predicted octanol–water partition coefficient (Wildman–Crippen LogP) is 6.33. The molecule has 1 saturated heterocycles. The molecule has 1 spiro atoms. The molecule has 6 heteroatoms. The van der Waals surface area contributed by atoms with E-state index in [0.717, 1.165) is 16.8 Å². The van der Waals surface area contributed by atoms with E-state index in [0.29, 0.717) is 33.8 Å². The van der Waals surface area contributed by atoms with Crippen molar-refractivity contribution in [3.8, 4) is 11.5 Å². The van der Waals surface area contributed by atoms with Gasteiger partial charge in [-0.1, -0.05) is 78.9 Å². The SMILES string of the molecule is COc1ccc(OC)c([C@H]2[C@H](C(=O)c3ccccc3)N3c4cc(C)ccc4C=C[C@@H]3C23C(=O)c2ccccc2C3=O)c1. The number of aryl methyl sites for hydroxylation is 1. The number of hydrogen-bond acceptors (Lipinski definition) is 6. The quantitative estimate of drug-likeness (QED) is 0.212. The third-order valence-electron chi connectivity index (χ3n) is 9.06. The second-order valence-corrected chi connectivity index (χ2v) is 11.1. The summed E-state index contributed by atoms with van der Waals surface area (Å²) in [6, 6.07) is 25.9. The molecule has 1 aliphatic carbocycles. The van der Waals surface area contributed by atoms with E-state index in [1.807, 2.05) is 60.4 Å². The van der Waals surface area contributed by atoms with Crippen LogP contribution in [0.15, 0.2) is 97.1 Å². The van der Waals surface area contributed by atoms with Crippen LogP contribution in [0.5, 0.6) is 11.5 Å². The molecule has 42 heavy (non-hydrogen) atoms. The number of carbonyl (C=O) groups excluding carboxylic acids is 3. The largest absolute Gasteiger partial charge is 0.497 e. The van der Waals surface area contributed by atoms with Gasteiger partial charge in [-0.25, -0.2) is 0 Å². The normalized spacial score (nSPS) is 21.2. The van der Waals surface area contributed by atoms with Crippen molar-refractivity contribution in [1.29, 1.82) is 0 Å². The Kier molecular flexibility index (Phi) is 5.91. The van der Waals surface area contributed by atoms with Gasteiger partial charge < -0.3 is 14.4 Å². The number of anilines is 1. The van der Waals surface area contributed by atoms with E-state index in [2.05, 4.69) is 0 Å². The highest BCUT2D eigenvalue weighted by molar-refractivity contribution is 6.32. The molecule has 3 atom stereocenters. The van der Waals surface area contributed by atoms with E-state index in [-0.39, 0.29) is 17.3 Å². The predicted molar refractivity (Wildman–Crippen MR) is 161 cm³/mol. The van der Waals surface area contributed by atoms with E-state index < -0.39 is 23.4 Å². The zero-order valence-electron chi connectivity index (χ0n) is 23.5. The van der Waals surface area contributed by atoms with E-state index in [4.69, 9.17) is 9.47 Å². The Labute approximate surface area is 244 Å². The Morgan fingerprint density at radius 3 is 2.17 bits per heavy atom. The molecule has 0 saturated carbocycles. The molecule has 4 aromatic rings. The van der Waals surface area contributed by atoms with Crippen molar-refractivity contribution in [2.24, 2.45) is 5.41 Å². The first kappa shape index (κ1) is 26.0. The summed E-state index contributed by atoms with van der Waals surface area (Å²) < 4.78 is 11.5. The summed E-state index contributed by atoms with van der Waals surface area (Å²) >= 11 is 0. The molecular formula is C36H29NO5. The minimum Gasteiger partial charge on any atom is -0.497 e. The number of benzene rings is 4. The fourth-order valence-electron chi connectivity index (χ4n) is 7.27. The molecule has 0 amide bonds. The molecule has 0 N–H and O–H groups in total. The number of ether oxygens (including phenoxy) is 2. The van der Waals surface area contributed by atoms with Crippen LogP contribution in [0.25, 0.3) is 6.08 Å². The lowest BCUT2D eigenvalue weighted by molar-refractivity contribution is 0.0664. The molecular weight excluding hydrogens is 526 g/mol. The minimum atomic E-state index is -1.61. The van der Waals surface area contributed by atoms with Gasteiger partial charge in [-0.15, -0.1) is 0 Å². The number of Topliss-reactive ketones (excluding diaryl/α,β-unsaturated/α-hetero) is 3. The Balaban J connectivity index is 1.59. The maximum atomic E-state index is 14.8. The summed E-state index contributed by atoms with van der Waals surface area (Å²) in [5.41, 5.74) is 2.98. The van der Waals surface area contributed by atoms with Crippen LogP contribution in [0, 0.1) is 12.3 Å². The average molecular weight is 556 g/mol. The second-order valence-electron chi connectivity index (χ2n) is 11.1. The minimum absolute atomic E-state index is 0.174. The Morgan fingerprint density at radius 2 is 1.50 bits per heavy atom. The molecule has 2 aliphatic heterocycles. The summed E-state index contributed by atoms with van der Waals surface area (Å²) in [4.78, 5) is 46.5. The average Bonchev–Trinajstić information content (AvgIpc) is 3.46. The fourth-order valence-corrected chi connectivity index (χ4v) is 7.27.